The number of hydrogen-bond donors (Lipinski definition) is 0. The van der Waals surface area contributed by atoms with Gasteiger partial charge in [0.05, 0.1) is 15.1 Å². The molecule has 0 atom stereocenters. The second-order valence-corrected chi connectivity index (χ2v) is 8.47. The number of hydrogen-bond acceptors (Lipinski definition) is 5. The molecule has 0 fully saturated rings. The van der Waals surface area contributed by atoms with Crippen molar-refractivity contribution in [1.82, 2.24) is 9.88 Å². The molecule has 1 amide bonds. The van der Waals surface area contributed by atoms with Crippen LogP contribution in [0.1, 0.15) is 27.2 Å². The molecule has 2 heterocycles. The van der Waals surface area contributed by atoms with E-state index in [1.165, 1.54) is 16.9 Å². The van der Waals surface area contributed by atoms with Crippen molar-refractivity contribution in [1.29, 1.82) is 0 Å². The molecule has 0 aliphatic rings. The maximum Gasteiger partial charge on any atom is 0.270 e. The summed E-state index contributed by atoms with van der Waals surface area (Å²) in [6, 6.07) is 8.09. The van der Waals surface area contributed by atoms with Crippen molar-refractivity contribution in [2.75, 3.05) is 32.1 Å². The van der Waals surface area contributed by atoms with E-state index in [2.05, 4.69) is 45.0 Å². The van der Waals surface area contributed by atoms with Crippen LogP contribution < -0.4 is 4.90 Å². The van der Waals surface area contributed by atoms with Gasteiger partial charge in [0.1, 0.15) is 0 Å². The molecule has 1 aromatic carbocycles. The summed E-state index contributed by atoms with van der Waals surface area (Å²) in [4.78, 5) is 22.5. The fraction of sp³-hybridized carbons (Fsp3) is 0.368. The molecule has 0 N–H and O–H groups in total. The van der Waals surface area contributed by atoms with Crippen LogP contribution in [0, 0.1) is 13.8 Å². The van der Waals surface area contributed by atoms with Gasteiger partial charge in [-0.25, -0.2) is 4.98 Å². The molecular formula is C19H23N3OS2. The third-order valence-corrected chi connectivity index (χ3v) is 5.90. The largest absolute Gasteiger partial charge is 0.309 e. The fourth-order valence-corrected chi connectivity index (χ4v) is 4.67. The lowest BCUT2D eigenvalue weighted by Crippen LogP contribution is -2.32. The predicted molar refractivity (Wildman–Crippen MR) is 108 cm³/mol. The van der Waals surface area contributed by atoms with Gasteiger partial charge in [-0.3, -0.25) is 9.69 Å². The Morgan fingerprint density at radius 3 is 2.68 bits per heavy atom. The molecule has 3 rings (SSSR count). The van der Waals surface area contributed by atoms with Gasteiger partial charge in [0, 0.05) is 6.54 Å². The molecule has 0 saturated heterocycles. The van der Waals surface area contributed by atoms with Crippen molar-refractivity contribution < 1.29 is 4.79 Å². The van der Waals surface area contributed by atoms with Crippen LogP contribution in [0.5, 0.6) is 0 Å². The Bertz CT molecular complexity index is 868. The quantitative estimate of drug-likeness (QED) is 0.635. The Morgan fingerprint density at radius 1 is 1.20 bits per heavy atom. The van der Waals surface area contributed by atoms with Gasteiger partial charge in [-0.05, 0) is 69.5 Å². The van der Waals surface area contributed by atoms with Gasteiger partial charge in [0.2, 0.25) is 0 Å². The number of anilines is 1. The first-order chi connectivity index (χ1) is 12.0. The van der Waals surface area contributed by atoms with Crippen molar-refractivity contribution in [2.24, 2.45) is 0 Å². The lowest BCUT2D eigenvalue weighted by Gasteiger charge is -2.20. The zero-order chi connectivity index (χ0) is 18.0. The molecule has 0 bridgehead atoms. The van der Waals surface area contributed by atoms with Crippen LogP contribution in [-0.4, -0.2) is 43.0 Å². The second kappa shape index (κ2) is 7.64. The molecule has 0 aliphatic carbocycles. The number of carbonyl (C=O) groups is 1. The molecule has 2 aromatic heterocycles. The maximum atomic E-state index is 13.0. The van der Waals surface area contributed by atoms with Crippen molar-refractivity contribution in [3.05, 3.63) is 45.6 Å². The Balaban J connectivity index is 1.95. The summed E-state index contributed by atoms with van der Waals surface area (Å²) in [5.74, 6) is 0.0437. The Morgan fingerprint density at radius 2 is 2.00 bits per heavy atom. The monoisotopic (exact) mass is 373 g/mol. The maximum absolute atomic E-state index is 13.0. The zero-order valence-corrected chi connectivity index (χ0v) is 16.7. The van der Waals surface area contributed by atoms with Crippen molar-refractivity contribution in [3.63, 3.8) is 0 Å². The van der Waals surface area contributed by atoms with Gasteiger partial charge in [-0.15, -0.1) is 11.3 Å². The molecule has 3 aromatic rings. The molecule has 0 aliphatic heterocycles. The van der Waals surface area contributed by atoms with Crippen LogP contribution in [0.15, 0.2) is 29.6 Å². The molecule has 0 spiro atoms. The number of nitrogens with zero attached hydrogens (tertiary/aromatic N) is 3. The number of benzene rings is 1. The lowest BCUT2D eigenvalue weighted by molar-refractivity contribution is 0.0990. The minimum atomic E-state index is 0.0437. The number of aryl methyl sites for hydroxylation is 2. The smallest absolute Gasteiger partial charge is 0.270 e. The van der Waals surface area contributed by atoms with Crippen molar-refractivity contribution in [2.45, 2.75) is 20.3 Å². The van der Waals surface area contributed by atoms with Crippen LogP contribution in [0.2, 0.25) is 0 Å². The van der Waals surface area contributed by atoms with Gasteiger partial charge in [-0.1, -0.05) is 23.5 Å². The topological polar surface area (TPSA) is 36.4 Å². The molecule has 4 nitrogen and oxygen atoms in total. The average molecular weight is 374 g/mol. The van der Waals surface area contributed by atoms with Gasteiger partial charge in [0.25, 0.3) is 5.91 Å². The number of aromatic nitrogens is 1. The summed E-state index contributed by atoms with van der Waals surface area (Å²) in [7, 11) is 4.10. The highest BCUT2D eigenvalue weighted by Crippen LogP contribution is 2.32. The molecule has 0 radical (unpaired) electrons. The Labute approximate surface area is 156 Å². The van der Waals surface area contributed by atoms with Gasteiger partial charge in [0.15, 0.2) is 5.13 Å². The Kier molecular flexibility index (Phi) is 5.51. The summed E-state index contributed by atoms with van der Waals surface area (Å²) in [5, 5.41) is 2.73. The Hall–Kier alpha value is -1.76. The summed E-state index contributed by atoms with van der Waals surface area (Å²) in [5.41, 5.74) is 3.39. The minimum absolute atomic E-state index is 0.0437. The average Bonchev–Trinajstić information content (AvgIpc) is 3.20. The lowest BCUT2D eigenvalue weighted by atomic mass is 10.1. The van der Waals surface area contributed by atoms with E-state index in [1.807, 2.05) is 22.4 Å². The summed E-state index contributed by atoms with van der Waals surface area (Å²) in [6.45, 7) is 5.79. The predicted octanol–water partition coefficient (Wildman–Crippen LogP) is 4.57. The third-order valence-electron chi connectivity index (χ3n) is 4.01. The fourth-order valence-electron chi connectivity index (χ4n) is 2.84. The van der Waals surface area contributed by atoms with Gasteiger partial charge in [-0.2, -0.15) is 0 Å². The van der Waals surface area contributed by atoms with Crippen molar-refractivity contribution >= 4 is 43.9 Å². The van der Waals surface area contributed by atoms with Crippen LogP contribution in [-0.2, 0) is 0 Å². The van der Waals surface area contributed by atoms with Crippen LogP contribution in [0.4, 0.5) is 5.13 Å². The summed E-state index contributed by atoms with van der Waals surface area (Å²) in [6.07, 6.45) is 0.915. The van der Waals surface area contributed by atoms with E-state index in [1.54, 1.807) is 11.3 Å². The molecule has 0 unspecified atom stereocenters. The molecular weight excluding hydrogens is 350 g/mol. The second-order valence-electron chi connectivity index (χ2n) is 6.52. The van der Waals surface area contributed by atoms with Crippen molar-refractivity contribution in [3.8, 4) is 0 Å². The van der Waals surface area contributed by atoms with E-state index in [-0.39, 0.29) is 5.91 Å². The van der Waals surface area contributed by atoms with E-state index in [0.29, 0.717) is 6.54 Å². The number of fused-ring (bicyclic) bond motifs is 1. The van der Waals surface area contributed by atoms with Gasteiger partial charge < -0.3 is 4.90 Å². The van der Waals surface area contributed by atoms with E-state index >= 15 is 0 Å². The number of thiazole rings is 1. The third kappa shape index (κ3) is 4.08. The van der Waals surface area contributed by atoms with Crippen LogP contribution in [0.3, 0.4) is 0 Å². The number of amides is 1. The van der Waals surface area contributed by atoms with E-state index in [0.717, 1.165) is 38.8 Å². The normalized spacial score (nSPS) is 11.4. The molecule has 25 heavy (non-hydrogen) atoms. The zero-order valence-electron chi connectivity index (χ0n) is 15.1. The molecule has 132 valence electrons. The minimum Gasteiger partial charge on any atom is -0.309 e. The standard InChI is InChI=1S/C19H23N3OS2/c1-13-11-14(2)17-16(12-13)25-19(20-17)22(9-6-8-21(3)4)18(23)15-7-5-10-24-15/h5,7,10-12H,6,8-9H2,1-4H3. The van der Waals surface area contributed by atoms with E-state index in [9.17, 15) is 4.79 Å². The number of thiophene rings is 1. The number of carbonyl (C=O) groups excluding carboxylic acids is 1. The first-order valence-corrected chi connectivity index (χ1v) is 10.0. The highest BCUT2D eigenvalue weighted by atomic mass is 32.1. The SMILES string of the molecule is Cc1cc(C)c2nc(N(CCCN(C)C)C(=O)c3cccs3)sc2c1. The van der Waals surface area contributed by atoms with E-state index in [4.69, 9.17) is 4.98 Å². The van der Waals surface area contributed by atoms with Crippen LogP contribution >= 0.6 is 22.7 Å². The summed E-state index contributed by atoms with van der Waals surface area (Å²) >= 11 is 3.08. The van der Waals surface area contributed by atoms with Gasteiger partial charge >= 0.3 is 0 Å². The van der Waals surface area contributed by atoms with Crippen LogP contribution in [0.25, 0.3) is 10.2 Å². The first kappa shape index (κ1) is 18.0. The van der Waals surface area contributed by atoms with E-state index < -0.39 is 0 Å². The first-order valence-electron chi connectivity index (χ1n) is 8.33. The molecule has 6 heteroatoms. The summed E-state index contributed by atoms with van der Waals surface area (Å²) < 4.78 is 1.14. The highest BCUT2D eigenvalue weighted by Gasteiger charge is 2.22. The molecule has 0 saturated carbocycles. The number of rotatable bonds is 6. The highest BCUT2D eigenvalue weighted by molar-refractivity contribution is 7.22.